The monoisotopic (exact) mass is 242 g/mol. The molecular weight excluding hydrogens is 224 g/mol. The second kappa shape index (κ2) is 7.49. The number of halogens is 1. The molecule has 0 radical (unpaired) electrons. The summed E-state index contributed by atoms with van der Waals surface area (Å²) in [5.74, 6) is 0.803. The number of ether oxygens (including phenoxy) is 1. The lowest BCUT2D eigenvalue weighted by Gasteiger charge is -2.07. The molecule has 0 bridgehead atoms. The Labute approximate surface area is 102 Å². The molecule has 0 aliphatic heterocycles. The van der Waals surface area contributed by atoms with E-state index in [0.717, 1.165) is 42.4 Å². The molecule has 1 aromatic rings. The number of methoxy groups -OCH3 is 1. The number of hydrogen-bond acceptors (Lipinski definition) is 3. The minimum Gasteiger partial charge on any atom is -0.497 e. The number of nitrogens with one attached hydrogen (secondary N) is 2. The van der Waals surface area contributed by atoms with Gasteiger partial charge in [0, 0.05) is 18.1 Å². The van der Waals surface area contributed by atoms with E-state index in [4.69, 9.17) is 16.3 Å². The van der Waals surface area contributed by atoms with Crippen LogP contribution in [0, 0.1) is 0 Å². The molecule has 0 unspecified atom stereocenters. The van der Waals surface area contributed by atoms with Crippen molar-refractivity contribution >= 4 is 11.6 Å². The molecule has 0 atom stereocenters. The third kappa shape index (κ3) is 4.39. The molecule has 90 valence electrons. The first-order chi connectivity index (χ1) is 7.77. The van der Waals surface area contributed by atoms with Crippen LogP contribution in [-0.4, -0.2) is 33.8 Å². The average molecular weight is 243 g/mol. The zero-order chi connectivity index (χ0) is 11.8. The molecule has 4 heteroatoms. The molecule has 0 heterocycles. The Morgan fingerprint density at radius 2 is 2.06 bits per heavy atom. The fourth-order valence-electron chi connectivity index (χ4n) is 1.42. The van der Waals surface area contributed by atoms with Crippen LogP contribution in [0.3, 0.4) is 0 Å². The van der Waals surface area contributed by atoms with Gasteiger partial charge in [-0.15, -0.1) is 0 Å². The van der Waals surface area contributed by atoms with E-state index >= 15 is 0 Å². The smallest absolute Gasteiger partial charge is 0.120 e. The van der Waals surface area contributed by atoms with Crippen molar-refractivity contribution in [3.63, 3.8) is 0 Å². The summed E-state index contributed by atoms with van der Waals surface area (Å²) in [7, 11) is 3.59. The highest BCUT2D eigenvalue weighted by atomic mass is 35.5. The average Bonchev–Trinajstić information content (AvgIpc) is 2.30. The second-order valence-electron chi connectivity index (χ2n) is 3.56. The van der Waals surface area contributed by atoms with Gasteiger partial charge in [-0.05, 0) is 37.7 Å². The van der Waals surface area contributed by atoms with Crippen molar-refractivity contribution in [2.24, 2.45) is 0 Å². The summed E-state index contributed by atoms with van der Waals surface area (Å²) in [6, 6.07) is 5.81. The summed E-state index contributed by atoms with van der Waals surface area (Å²) in [4.78, 5) is 0. The van der Waals surface area contributed by atoms with Crippen LogP contribution in [0.25, 0.3) is 0 Å². The maximum Gasteiger partial charge on any atom is 0.120 e. The molecule has 1 aromatic carbocycles. The first-order valence-corrected chi connectivity index (χ1v) is 5.83. The summed E-state index contributed by atoms with van der Waals surface area (Å²) in [6.45, 7) is 2.90. The molecule has 0 amide bonds. The Hall–Kier alpha value is -0.770. The number of hydrogen-bond donors (Lipinski definition) is 2. The zero-order valence-corrected chi connectivity index (χ0v) is 10.6. The van der Waals surface area contributed by atoms with Crippen molar-refractivity contribution in [2.75, 3.05) is 33.8 Å². The van der Waals surface area contributed by atoms with Crippen LogP contribution in [0.4, 0.5) is 0 Å². The van der Waals surface area contributed by atoms with Crippen molar-refractivity contribution in [1.29, 1.82) is 0 Å². The Balaban J connectivity index is 2.36. The van der Waals surface area contributed by atoms with Gasteiger partial charge in [-0.2, -0.15) is 0 Å². The molecule has 16 heavy (non-hydrogen) atoms. The quantitative estimate of drug-likeness (QED) is 0.715. The molecule has 0 aromatic heterocycles. The van der Waals surface area contributed by atoms with Crippen molar-refractivity contribution in [3.8, 4) is 5.75 Å². The summed E-state index contributed by atoms with van der Waals surface area (Å²) in [5.41, 5.74) is 1.15. The summed E-state index contributed by atoms with van der Waals surface area (Å²) < 4.78 is 5.10. The highest BCUT2D eigenvalue weighted by Crippen LogP contribution is 2.22. The lowest BCUT2D eigenvalue weighted by molar-refractivity contribution is 0.414. The Morgan fingerprint density at radius 3 is 2.69 bits per heavy atom. The maximum atomic E-state index is 6.13. The largest absolute Gasteiger partial charge is 0.497 e. The summed E-state index contributed by atoms with van der Waals surface area (Å²) in [5, 5.41) is 7.20. The van der Waals surface area contributed by atoms with Crippen LogP contribution < -0.4 is 15.4 Å². The molecule has 3 nitrogen and oxygen atoms in total. The summed E-state index contributed by atoms with van der Waals surface area (Å²) in [6.07, 6.45) is 0.937. The fourth-order valence-corrected chi connectivity index (χ4v) is 1.68. The second-order valence-corrected chi connectivity index (χ2v) is 3.97. The van der Waals surface area contributed by atoms with E-state index in [-0.39, 0.29) is 0 Å². The Kier molecular flexibility index (Phi) is 6.23. The molecule has 0 saturated heterocycles. The van der Waals surface area contributed by atoms with Crippen LogP contribution in [0.5, 0.6) is 5.75 Å². The first kappa shape index (κ1) is 13.3. The highest BCUT2D eigenvalue weighted by Gasteiger charge is 2.01. The first-order valence-electron chi connectivity index (χ1n) is 5.45. The van der Waals surface area contributed by atoms with Gasteiger partial charge in [-0.3, -0.25) is 0 Å². The van der Waals surface area contributed by atoms with E-state index in [9.17, 15) is 0 Å². The fraction of sp³-hybridized carbons (Fsp3) is 0.500. The van der Waals surface area contributed by atoms with Gasteiger partial charge in [0.05, 0.1) is 7.11 Å². The Morgan fingerprint density at radius 1 is 1.25 bits per heavy atom. The van der Waals surface area contributed by atoms with Gasteiger partial charge in [-0.25, -0.2) is 0 Å². The van der Waals surface area contributed by atoms with E-state index in [1.54, 1.807) is 7.11 Å². The topological polar surface area (TPSA) is 33.3 Å². The standard InChI is InChI=1S/C12H19ClN2O/c1-14-7-8-15-6-5-10-3-4-11(16-2)9-12(10)13/h3-4,9,14-15H,5-8H2,1-2H3. The minimum atomic E-state index is 0.773. The van der Waals surface area contributed by atoms with Crippen LogP contribution in [0.1, 0.15) is 5.56 Å². The number of rotatable bonds is 7. The van der Waals surface area contributed by atoms with Crippen molar-refractivity contribution in [2.45, 2.75) is 6.42 Å². The van der Waals surface area contributed by atoms with Crippen LogP contribution >= 0.6 is 11.6 Å². The van der Waals surface area contributed by atoms with Crippen LogP contribution in [0.2, 0.25) is 5.02 Å². The zero-order valence-electron chi connectivity index (χ0n) is 9.85. The van der Waals surface area contributed by atoms with E-state index in [0.29, 0.717) is 0 Å². The minimum absolute atomic E-state index is 0.773. The lowest BCUT2D eigenvalue weighted by atomic mass is 10.1. The van der Waals surface area contributed by atoms with E-state index < -0.39 is 0 Å². The van der Waals surface area contributed by atoms with Gasteiger partial charge in [0.15, 0.2) is 0 Å². The molecule has 1 rings (SSSR count). The SMILES string of the molecule is CNCCNCCc1ccc(OC)cc1Cl. The van der Waals surface area contributed by atoms with Gasteiger partial charge >= 0.3 is 0 Å². The molecular formula is C12H19ClN2O. The van der Waals surface area contributed by atoms with Gasteiger partial charge in [0.25, 0.3) is 0 Å². The molecule has 0 spiro atoms. The number of likely N-dealkylation sites (N-methyl/N-ethyl adjacent to an activating group) is 1. The van der Waals surface area contributed by atoms with E-state index in [2.05, 4.69) is 10.6 Å². The molecule has 0 fully saturated rings. The van der Waals surface area contributed by atoms with Gasteiger partial charge < -0.3 is 15.4 Å². The van der Waals surface area contributed by atoms with Crippen molar-refractivity contribution in [1.82, 2.24) is 10.6 Å². The van der Waals surface area contributed by atoms with Gasteiger partial charge in [0.1, 0.15) is 5.75 Å². The van der Waals surface area contributed by atoms with Crippen LogP contribution in [-0.2, 0) is 6.42 Å². The molecule has 0 aliphatic carbocycles. The lowest BCUT2D eigenvalue weighted by Crippen LogP contribution is -2.26. The predicted molar refractivity (Wildman–Crippen MR) is 68.5 cm³/mol. The number of benzene rings is 1. The Bertz CT molecular complexity index is 318. The summed E-state index contributed by atoms with van der Waals surface area (Å²) >= 11 is 6.13. The maximum absolute atomic E-state index is 6.13. The van der Waals surface area contributed by atoms with E-state index in [1.165, 1.54) is 0 Å². The molecule has 2 N–H and O–H groups in total. The van der Waals surface area contributed by atoms with Crippen molar-refractivity contribution < 1.29 is 4.74 Å². The van der Waals surface area contributed by atoms with Gasteiger partial charge in [0.2, 0.25) is 0 Å². The molecule has 0 saturated carbocycles. The predicted octanol–water partition coefficient (Wildman–Crippen LogP) is 1.70. The normalized spacial score (nSPS) is 10.4. The third-order valence-electron chi connectivity index (χ3n) is 2.38. The van der Waals surface area contributed by atoms with Crippen molar-refractivity contribution in [3.05, 3.63) is 28.8 Å². The van der Waals surface area contributed by atoms with Gasteiger partial charge in [-0.1, -0.05) is 17.7 Å². The van der Waals surface area contributed by atoms with Crippen LogP contribution in [0.15, 0.2) is 18.2 Å². The third-order valence-corrected chi connectivity index (χ3v) is 2.73. The molecule has 0 aliphatic rings. The highest BCUT2D eigenvalue weighted by molar-refractivity contribution is 6.31. The van der Waals surface area contributed by atoms with E-state index in [1.807, 2.05) is 25.2 Å².